The van der Waals surface area contributed by atoms with Gasteiger partial charge in [-0.2, -0.15) is 5.26 Å². The van der Waals surface area contributed by atoms with Crippen LogP contribution in [0.5, 0.6) is 0 Å². The van der Waals surface area contributed by atoms with Crippen molar-refractivity contribution in [3.8, 4) is 6.07 Å². The summed E-state index contributed by atoms with van der Waals surface area (Å²) in [5, 5.41) is 17.7. The minimum Gasteiger partial charge on any atom is -0.392 e. The molecule has 1 atom stereocenters. The molecule has 0 aliphatic rings. The molecule has 1 aromatic carbocycles. The largest absolute Gasteiger partial charge is 0.392 e. The topological polar surface area (TPSA) is 47.3 Å². The maximum absolute atomic E-state index is 13.8. The van der Waals surface area contributed by atoms with Gasteiger partial charge in [0.25, 0.3) is 0 Å². The van der Waals surface area contributed by atoms with Crippen LogP contribution in [0.3, 0.4) is 0 Å². The van der Waals surface area contributed by atoms with Crippen LogP contribution in [-0.2, 0) is 6.61 Å². The first-order valence-electron chi connectivity index (χ1n) is 5.66. The molecule has 0 saturated carbocycles. The van der Waals surface area contributed by atoms with Gasteiger partial charge >= 0.3 is 0 Å². The van der Waals surface area contributed by atoms with Crippen LogP contribution in [0.4, 0.5) is 10.1 Å². The van der Waals surface area contributed by atoms with E-state index in [-0.39, 0.29) is 18.3 Å². The molecule has 0 fully saturated rings. The van der Waals surface area contributed by atoms with Crippen molar-refractivity contribution < 1.29 is 9.50 Å². The van der Waals surface area contributed by atoms with Crippen LogP contribution >= 0.6 is 0 Å². The Labute approximate surface area is 101 Å². The van der Waals surface area contributed by atoms with Gasteiger partial charge in [0.1, 0.15) is 5.82 Å². The number of hydrogen-bond acceptors (Lipinski definition) is 3. The molecule has 0 aliphatic carbocycles. The second kappa shape index (κ2) is 6.21. The van der Waals surface area contributed by atoms with Crippen LogP contribution in [0, 0.1) is 23.1 Å². The van der Waals surface area contributed by atoms with Crippen molar-refractivity contribution in [3.05, 3.63) is 29.6 Å². The summed E-state index contributed by atoms with van der Waals surface area (Å²) in [6.07, 6.45) is 0. The number of aliphatic hydroxyl groups excluding tert-OH is 1. The highest BCUT2D eigenvalue weighted by atomic mass is 19.1. The minimum absolute atomic E-state index is 0.146. The van der Waals surface area contributed by atoms with Crippen molar-refractivity contribution >= 4 is 5.69 Å². The van der Waals surface area contributed by atoms with E-state index < -0.39 is 0 Å². The summed E-state index contributed by atoms with van der Waals surface area (Å²) in [4.78, 5) is 1.82. The van der Waals surface area contributed by atoms with E-state index in [2.05, 4.69) is 6.07 Å². The smallest absolute Gasteiger partial charge is 0.146 e. The summed E-state index contributed by atoms with van der Waals surface area (Å²) in [6, 6.07) is 6.81. The third-order valence-corrected chi connectivity index (χ3v) is 2.63. The van der Waals surface area contributed by atoms with Crippen molar-refractivity contribution in [3.63, 3.8) is 0 Å². The van der Waals surface area contributed by atoms with Crippen molar-refractivity contribution in [1.29, 1.82) is 5.26 Å². The molecular formula is C13H17FN2O. The Morgan fingerprint density at radius 2 is 2.24 bits per heavy atom. The first-order chi connectivity index (χ1) is 8.12. The van der Waals surface area contributed by atoms with Gasteiger partial charge < -0.3 is 10.0 Å². The fraction of sp³-hybridized carbons (Fsp3) is 0.462. The quantitative estimate of drug-likeness (QED) is 0.853. The Morgan fingerprint density at radius 3 is 2.71 bits per heavy atom. The number of hydrogen-bond donors (Lipinski definition) is 1. The van der Waals surface area contributed by atoms with Gasteiger partial charge in [0.05, 0.1) is 24.3 Å². The zero-order valence-corrected chi connectivity index (χ0v) is 10.2. The molecule has 0 amide bonds. The van der Waals surface area contributed by atoms with Crippen LogP contribution in [0.1, 0.15) is 19.4 Å². The number of anilines is 1. The summed E-state index contributed by atoms with van der Waals surface area (Å²) in [6.45, 7) is 4.70. The lowest BCUT2D eigenvalue weighted by molar-refractivity contribution is 0.281. The monoisotopic (exact) mass is 236 g/mol. The molecule has 1 aromatic rings. The van der Waals surface area contributed by atoms with Gasteiger partial charge in [-0.15, -0.1) is 0 Å². The normalized spacial score (nSPS) is 11.9. The Bertz CT molecular complexity index is 414. The molecule has 3 nitrogen and oxygen atoms in total. The van der Waals surface area contributed by atoms with E-state index in [0.717, 1.165) is 0 Å². The lowest BCUT2D eigenvalue weighted by Crippen LogP contribution is -2.28. The van der Waals surface area contributed by atoms with Crippen LogP contribution in [0.25, 0.3) is 0 Å². The van der Waals surface area contributed by atoms with Crippen LogP contribution < -0.4 is 4.90 Å². The van der Waals surface area contributed by atoms with Crippen molar-refractivity contribution in [2.24, 2.45) is 5.92 Å². The summed E-state index contributed by atoms with van der Waals surface area (Å²) in [7, 11) is 0. The van der Waals surface area contributed by atoms with E-state index in [1.165, 1.54) is 6.07 Å². The van der Waals surface area contributed by atoms with E-state index in [0.29, 0.717) is 24.3 Å². The summed E-state index contributed by atoms with van der Waals surface area (Å²) >= 11 is 0. The third-order valence-electron chi connectivity index (χ3n) is 2.63. The summed E-state index contributed by atoms with van der Waals surface area (Å²) in [5.74, 6) is -0.504. The van der Waals surface area contributed by atoms with Crippen molar-refractivity contribution in [2.45, 2.75) is 20.5 Å². The lowest BCUT2D eigenvalue weighted by atomic mass is 10.1. The SMILES string of the molecule is CCN(CC(C)C#N)c1ccc(CO)cc1F. The number of nitriles is 1. The number of nitrogens with zero attached hydrogens (tertiary/aromatic N) is 2. The molecule has 0 radical (unpaired) electrons. The van der Waals surface area contributed by atoms with E-state index in [1.54, 1.807) is 12.1 Å². The predicted molar refractivity (Wildman–Crippen MR) is 65.0 cm³/mol. The van der Waals surface area contributed by atoms with E-state index in [4.69, 9.17) is 10.4 Å². The number of rotatable bonds is 5. The molecule has 4 heteroatoms. The molecule has 92 valence electrons. The molecule has 0 heterocycles. The lowest BCUT2D eigenvalue weighted by Gasteiger charge is -2.24. The third kappa shape index (κ3) is 3.43. The molecule has 1 rings (SSSR count). The number of halogens is 1. The Kier molecular flexibility index (Phi) is 4.92. The molecule has 1 unspecified atom stereocenters. The fourth-order valence-electron chi connectivity index (χ4n) is 1.67. The second-order valence-corrected chi connectivity index (χ2v) is 4.01. The van der Waals surface area contributed by atoms with Gasteiger partial charge in [-0.1, -0.05) is 6.07 Å². The highest BCUT2D eigenvalue weighted by molar-refractivity contribution is 5.49. The Morgan fingerprint density at radius 1 is 1.53 bits per heavy atom. The van der Waals surface area contributed by atoms with Gasteiger partial charge in [0.15, 0.2) is 0 Å². The zero-order chi connectivity index (χ0) is 12.8. The molecule has 0 bridgehead atoms. The molecule has 0 saturated heterocycles. The number of aliphatic hydroxyl groups is 1. The van der Waals surface area contributed by atoms with Crippen molar-refractivity contribution in [2.75, 3.05) is 18.0 Å². The standard InChI is InChI=1S/C13H17FN2O/c1-3-16(8-10(2)7-15)13-5-4-11(9-17)6-12(13)14/h4-6,10,17H,3,8-9H2,1-2H3. The highest BCUT2D eigenvalue weighted by Gasteiger charge is 2.13. The first-order valence-corrected chi connectivity index (χ1v) is 5.66. The van der Waals surface area contributed by atoms with Gasteiger partial charge in [0, 0.05) is 13.1 Å². The Balaban J connectivity index is 2.93. The average molecular weight is 236 g/mol. The second-order valence-electron chi connectivity index (χ2n) is 4.01. The van der Waals surface area contributed by atoms with E-state index >= 15 is 0 Å². The van der Waals surface area contributed by atoms with Gasteiger partial charge in [0.2, 0.25) is 0 Å². The molecule has 0 aliphatic heterocycles. The van der Waals surface area contributed by atoms with E-state index in [1.807, 2.05) is 18.7 Å². The van der Waals surface area contributed by atoms with Crippen LogP contribution in [-0.4, -0.2) is 18.2 Å². The van der Waals surface area contributed by atoms with Crippen LogP contribution in [0.2, 0.25) is 0 Å². The Hall–Kier alpha value is -1.60. The minimum atomic E-state index is -0.358. The molecule has 1 N–H and O–H groups in total. The fourth-order valence-corrected chi connectivity index (χ4v) is 1.67. The van der Waals surface area contributed by atoms with Crippen LogP contribution in [0.15, 0.2) is 18.2 Å². The molecule has 0 spiro atoms. The highest BCUT2D eigenvalue weighted by Crippen LogP contribution is 2.21. The van der Waals surface area contributed by atoms with Crippen molar-refractivity contribution in [1.82, 2.24) is 0 Å². The van der Waals surface area contributed by atoms with Gasteiger partial charge in [-0.05, 0) is 31.5 Å². The summed E-state index contributed by atoms with van der Waals surface area (Å²) < 4.78 is 13.8. The predicted octanol–water partition coefficient (Wildman–Crippen LogP) is 2.30. The maximum Gasteiger partial charge on any atom is 0.146 e. The number of benzene rings is 1. The molecular weight excluding hydrogens is 219 g/mol. The van der Waals surface area contributed by atoms with Gasteiger partial charge in [-0.3, -0.25) is 0 Å². The van der Waals surface area contributed by atoms with Gasteiger partial charge in [-0.25, -0.2) is 4.39 Å². The molecule has 17 heavy (non-hydrogen) atoms. The maximum atomic E-state index is 13.8. The first kappa shape index (κ1) is 13.5. The zero-order valence-electron chi connectivity index (χ0n) is 10.2. The van der Waals surface area contributed by atoms with E-state index in [9.17, 15) is 4.39 Å². The summed E-state index contributed by atoms with van der Waals surface area (Å²) in [5.41, 5.74) is 1.03. The average Bonchev–Trinajstić information content (AvgIpc) is 2.35. The molecule has 0 aromatic heterocycles.